The topological polar surface area (TPSA) is 56.3 Å². The Morgan fingerprint density at radius 3 is 2.69 bits per heavy atom. The molecule has 1 aliphatic rings. The number of benzene rings is 1. The number of hydrogen-bond donors (Lipinski definition) is 1. The van der Waals surface area contributed by atoms with E-state index >= 15 is 0 Å². The predicted molar refractivity (Wildman–Crippen MR) is 117 cm³/mol. The Morgan fingerprint density at radius 1 is 1.10 bits per heavy atom. The molecule has 3 aromatic rings. The molecular formula is C24H29N3O2. The third-order valence-electron chi connectivity index (χ3n) is 5.71. The highest BCUT2D eigenvalue weighted by Gasteiger charge is 2.20. The number of ether oxygens (including phenoxy) is 2. The van der Waals surface area contributed by atoms with Gasteiger partial charge in [0, 0.05) is 36.2 Å². The molecule has 1 fully saturated rings. The van der Waals surface area contributed by atoms with Crippen LogP contribution in [0.25, 0.3) is 22.3 Å². The molecule has 29 heavy (non-hydrogen) atoms. The van der Waals surface area contributed by atoms with Crippen molar-refractivity contribution >= 4 is 11.0 Å². The molecule has 1 aliphatic heterocycles. The van der Waals surface area contributed by atoms with Crippen LogP contribution in [0.5, 0.6) is 5.75 Å². The molecule has 1 unspecified atom stereocenters. The van der Waals surface area contributed by atoms with Gasteiger partial charge in [-0.05, 0) is 74.2 Å². The number of nitrogens with zero attached hydrogens (tertiary/aromatic N) is 2. The van der Waals surface area contributed by atoms with Gasteiger partial charge >= 0.3 is 0 Å². The van der Waals surface area contributed by atoms with Crippen molar-refractivity contribution in [3.63, 3.8) is 0 Å². The van der Waals surface area contributed by atoms with Gasteiger partial charge < -0.3 is 14.8 Å². The van der Waals surface area contributed by atoms with E-state index in [9.17, 15) is 0 Å². The van der Waals surface area contributed by atoms with Crippen LogP contribution < -0.4 is 10.1 Å². The minimum absolute atomic E-state index is 0.421. The largest absolute Gasteiger partial charge is 0.496 e. The normalized spacial score (nSPS) is 16.9. The lowest BCUT2D eigenvalue weighted by Crippen LogP contribution is -2.29. The van der Waals surface area contributed by atoms with Gasteiger partial charge in [0.15, 0.2) is 5.65 Å². The van der Waals surface area contributed by atoms with Gasteiger partial charge in [-0.1, -0.05) is 6.07 Å². The lowest BCUT2D eigenvalue weighted by molar-refractivity contribution is 0.186. The van der Waals surface area contributed by atoms with E-state index in [1.807, 2.05) is 0 Å². The maximum absolute atomic E-state index is 5.67. The highest BCUT2D eigenvalue weighted by molar-refractivity contribution is 5.83. The molecule has 4 rings (SSSR count). The van der Waals surface area contributed by atoms with Crippen LogP contribution in [-0.4, -0.2) is 37.3 Å². The number of piperidine rings is 1. The van der Waals surface area contributed by atoms with Crippen LogP contribution >= 0.6 is 0 Å². The average Bonchev–Trinajstić information content (AvgIpc) is 2.73. The van der Waals surface area contributed by atoms with Crippen molar-refractivity contribution in [2.75, 3.05) is 27.3 Å². The van der Waals surface area contributed by atoms with Gasteiger partial charge in [-0.25, -0.2) is 9.97 Å². The Morgan fingerprint density at radius 2 is 1.97 bits per heavy atom. The zero-order chi connectivity index (χ0) is 20.4. The van der Waals surface area contributed by atoms with Crippen molar-refractivity contribution in [1.29, 1.82) is 0 Å². The molecule has 1 saturated heterocycles. The van der Waals surface area contributed by atoms with Crippen LogP contribution in [0.15, 0.2) is 30.3 Å². The fraction of sp³-hybridized carbons (Fsp3) is 0.417. The third kappa shape index (κ3) is 3.98. The van der Waals surface area contributed by atoms with E-state index in [1.54, 1.807) is 14.2 Å². The summed E-state index contributed by atoms with van der Waals surface area (Å²) < 4.78 is 11.1. The molecule has 0 saturated carbocycles. The van der Waals surface area contributed by atoms with Gasteiger partial charge in [0.2, 0.25) is 0 Å². The molecule has 5 nitrogen and oxygen atoms in total. The van der Waals surface area contributed by atoms with Gasteiger partial charge in [0.1, 0.15) is 5.75 Å². The second kappa shape index (κ2) is 8.47. The summed E-state index contributed by atoms with van der Waals surface area (Å²) >= 11 is 0. The van der Waals surface area contributed by atoms with E-state index in [-0.39, 0.29) is 0 Å². The second-order valence-corrected chi connectivity index (χ2v) is 7.91. The predicted octanol–water partition coefficient (Wildman–Crippen LogP) is 4.54. The Labute approximate surface area is 172 Å². The molecule has 1 N–H and O–H groups in total. The van der Waals surface area contributed by atoms with Crippen LogP contribution in [0.3, 0.4) is 0 Å². The number of fused-ring (bicyclic) bond motifs is 1. The summed E-state index contributed by atoms with van der Waals surface area (Å²) in [6.07, 6.45) is 2.33. The Hall–Kier alpha value is -2.50. The minimum atomic E-state index is 0.421. The number of nitrogens with one attached hydrogen (secondary N) is 1. The fourth-order valence-corrected chi connectivity index (χ4v) is 4.34. The molecule has 5 heteroatoms. The monoisotopic (exact) mass is 391 g/mol. The average molecular weight is 392 g/mol. The molecular weight excluding hydrogens is 362 g/mol. The van der Waals surface area contributed by atoms with Crippen molar-refractivity contribution in [3.8, 4) is 17.0 Å². The number of hydrogen-bond acceptors (Lipinski definition) is 5. The number of aromatic nitrogens is 2. The van der Waals surface area contributed by atoms with Crippen molar-refractivity contribution in [2.24, 2.45) is 0 Å². The number of pyridine rings is 2. The number of aryl methyl sites for hydroxylation is 2. The molecule has 0 spiro atoms. The highest BCUT2D eigenvalue weighted by Crippen LogP contribution is 2.35. The van der Waals surface area contributed by atoms with Crippen molar-refractivity contribution in [3.05, 3.63) is 52.7 Å². The van der Waals surface area contributed by atoms with E-state index in [2.05, 4.69) is 49.5 Å². The Kier molecular flexibility index (Phi) is 5.79. The molecule has 152 valence electrons. The fourth-order valence-electron chi connectivity index (χ4n) is 4.34. The molecule has 1 aromatic carbocycles. The first kappa shape index (κ1) is 19.8. The van der Waals surface area contributed by atoms with E-state index in [0.717, 1.165) is 64.4 Å². The molecule has 0 radical (unpaired) electrons. The van der Waals surface area contributed by atoms with Crippen LogP contribution in [0.1, 0.15) is 41.1 Å². The van der Waals surface area contributed by atoms with E-state index in [4.69, 9.17) is 19.4 Å². The van der Waals surface area contributed by atoms with Gasteiger partial charge in [0.25, 0.3) is 0 Å². The van der Waals surface area contributed by atoms with Crippen LogP contribution in [0.4, 0.5) is 0 Å². The van der Waals surface area contributed by atoms with E-state index in [0.29, 0.717) is 12.5 Å². The van der Waals surface area contributed by atoms with Crippen molar-refractivity contribution < 1.29 is 9.47 Å². The SMILES string of the molecule is COCc1cc(C2CCCNC2)nc2nc(-c3c(C)cc(C)cc3OC)ccc12. The number of rotatable bonds is 5. The quantitative estimate of drug-likeness (QED) is 0.692. The van der Waals surface area contributed by atoms with Gasteiger partial charge in [-0.3, -0.25) is 0 Å². The molecule has 2 aromatic heterocycles. The van der Waals surface area contributed by atoms with Crippen LogP contribution in [-0.2, 0) is 11.3 Å². The summed E-state index contributed by atoms with van der Waals surface area (Å²) in [7, 11) is 3.44. The van der Waals surface area contributed by atoms with Gasteiger partial charge in [-0.2, -0.15) is 0 Å². The van der Waals surface area contributed by atoms with E-state index in [1.165, 1.54) is 12.0 Å². The molecule has 0 bridgehead atoms. The van der Waals surface area contributed by atoms with Crippen LogP contribution in [0.2, 0.25) is 0 Å². The highest BCUT2D eigenvalue weighted by atomic mass is 16.5. The molecule has 0 aliphatic carbocycles. The van der Waals surface area contributed by atoms with Crippen molar-refractivity contribution in [2.45, 2.75) is 39.2 Å². The summed E-state index contributed by atoms with van der Waals surface area (Å²) in [6, 6.07) is 10.6. The summed E-state index contributed by atoms with van der Waals surface area (Å²) in [6.45, 7) is 6.79. The van der Waals surface area contributed by atoms with Gasteiger partial charge in [0.05, 0.1) is 19.4 Å². The smallest absolute Gasteiger partial charge is 0.160 e. The lowest BCUT2D eigenvalue weighted by atomic mass is 9.94. The summed E-state index contributed by atoms with van der Waals surface area (Å²) in [5.41, 5.74) is 7.27. The molecule has 1 atom stereocenters. The lowest BCUT2D eigenvalue weighted by Gasteiger charge is -2.23. The van der Waals surface area contributed by atoms with Gasteiger partial charge in [-0.15, -0.1) is 0 Å². The summed E-state index contributed by atoms with van der Waals surface area (Å²) in [4.78, 5) is 9.96. The van der Waals surface area contributed by atoms with E-state index < -0.39 is 0 Å². The maximum atomic E-state index is 5.67. The first-order chi connectivity index (χ1) is 14.1. The summed E-state index contributed by atoms with van der Waals surface area (Å²) in [5.74, 6) is 1.27. The third-order valence-corrected chi connectivity index (χ3v) is 5.71. The minimum Gasteiger partial charge on any atom is -0.496 e. The Balaban J connectivity index is 1.86. The standard InChI is InChI=1S/C24H29N3O2/c1-15-10-16(2)23(22(11-15)29-4)20-8-7-19-18(14-28-3)12-21(27-24(19)26-20)17-6-5-9-25-13-17/h7-8,10-12,17,25H,5-6,9,13-14H2,1-4H3. The number of methoxy groups -OCH3 is 2. The zero-order valence-electron chi connectivity index (χ0n) is 17.7. The maximum Gasteiger partial charge on any atom is 0.160 e. The zero-order valence-corrected chi connectivity index (χ0v) is 17.7. The first-order valence-corrected chi connectivity index (χ1v) is 10.3. The van der Waals surface area contributed by atoms with Crippen molar-refractivity contribution in [1.82, 2.24) is 15.3 Å². The van der Waals surface area contributed by atoms with Crippen LogP contribution in [0, 0.1) is 13.8 Å². The first-order valence-electron chi connectivity index (χ1n) is 10.3. The molecule has 3 heterocycles. The molecule has 0 amide bonds. The second-order valence-electron chi connectivity index (χ2n) is 7.91. The Bertz CT molecular complexity index is 1030. The summed E-state index contributed by atoms with van der Waals surface area (Å²) in [5, 5.41) is 4.54.